The highest BCUT2D eigenvalue weighted by molar-refractivity contribution is 5.34. The quantitative estimate of drug-likeness (QED) is 0.715. The van der Waals surface area contributed by atoms with Crippen LogP contribution in [0.3, 0.4) is 0 Å². The first-order valence-electron chi connectivity index (χ1n) is 4.01. The van der Waals surface area contributed by atoms with Gasteiger partial charge < -0.3 is 5.11 Å². The molecular formula is C10H13FO. The maximum atomic E-state index is 12.8. The molecule has 0 aliphatic carbocycles. The molecule has 66 valence electrons. The first kappa shape index (κ1) is 9.20. The van der Waals surface area contributed by atoms with Gasteiger partial charge in [-0.2, -0.15) is 0 Å². The first-order valence-corrected chi connectivity index (χ1v) is 4.01. The summed E-state index contributed by atoms with van der Waals surface area (Å²) in [6, 6.07) is 3.00. The van der Waals surface area contributed by atoms with Crippen molar-refractivity contribution < 1.29 is 9.50 Å². The minimum Gasteiger partial charge on any atom is -0.396 e. The van der Waals surface area contributed by atoms with E-state index in [1.807, 2.05) is 13.8 Å². The summed E-state index contributed by atoms with van der Waals surface area (Å²) in [6.45, 7) is 3.84. The van der Waals surface area contributed by atoms with Crippen LogP contribution in [0.5, 0.6) is 0 Å². The molecule has 0 saturated heterocycles. The van der Waals surface area contributed by atoms with Crippen molar-refractivity contribution in [2.75, 3.05) is 6.61 Å². The molecule has 0 saturated carbocycles. The van der Waals surface area contributed by atoms with Gasteiger partial charge in [0.15, 0.2) is 0 Å². The number of hydrogen-bond acceptors (Lipinski definition) is 1. The lowest BCUT2D eigenvalue weighted by Gasteiger charge is -2.07. The van der Waals surface area contributed by atoms with Crippen LogP contribution in [0, 0.1) is 19.7 Å². The summed E-state index contributed by atoms with van der Waals surface area (Å²) < 4.78 is 12.8. The van der Waals surface area contributed by atoms with E-state index in [4.69, 9.17) is 5.11 Å². The Bertz CT molecular complexity index is 258. The highest BCUT2D eigenvalue weighted by Crippen LogP contribution is 2.15. The zero-order valence-electron chi connectivity index (χ0n) is 7.39. The second kappa shape index (κ2) is 3.68. The van der Waals surface area contributed by atoms with Gasteiger partial charge in [0, 0.05) is 6.61 Å². The van der Waals surface area contributed by atoms with Gasteiger partial charge in [0.05, 0.1) is 0 Å². The van der Waals surface area contributed by atoms with Crippen molar-refractivity contribution in [1.82, 2.24) is 0 Å². The highest BCUT2D eigenvalue weighted by Gasteiger charge is 2.03. The minimum absolute atomic E-state index is 0.118. The summed E-state index contributed by atoms with van der Waals surface area (Å²) in [7, 11) is 0. The molecule has 12 heavy (non-hydrogen) atoms. The number of hydrogen-bond donors (Lipinski definition) is 1. The Kier molecular flexibility index (Phi) is 2.82. The number of halogens is 1. The van der Waals surface area contributed by atoms with Crippen LogP contribution >= 0.6 is 0 Å². The minimum atomic E-state index is -0.202. The standard InChI is InChI=1S/C10H13FO/c1-7-5-9(11)6-8(2)10(7)3-4-12/h5-6,12H,3-4H2,1-2H3. The van der Waals surface area contributed by atoms with Crippen LogP contribution in [-0.2, 0) is 6.42 Å². The SMILES string of the molecule is Cc1cc(F)cc(C)c1CCO. The van der Waals surface area contributed by atoms with Gasteiger partial charge in [0.25, 0.3) is 0 Å². The van der Waals surface area contributed by atoms with E-state index in [0.29, 0.717) is 6.42 Å². The van der Waals surface area contributed by atoms with Gasteiger partial charge in [0.2, 0.25) is 0 Å². The normalized spacial score (nSPS) is 10.3. The monoisotopic (exact) mass is 168 g/mol. The van der Waals surface area contributed by atoms with Crippen LogP contribution in [0.1, 0.15) is 16.7 Å². The fraction of sp³-hybridized carbons (Fsp3) is 0.400. The fourth-order valence-electron chi connectivity index (χ4n) is 1.45. The number of benzene rings is 1. The summed E-state index contributed by atoms with van der Waals surface area (Å²) in [5.74, 6) is -0.202. The molecule has 0 heterocycles. The van der Waals surface area contributed by atoms with Crippen molar-refractivity contribution in [1.29, 1.82) is 0 Å². The average Bonchev–Trinajstić information content (AvgIpc) is 1.96. The van der Waals surface area contributed by atoms with Crippen LogP contribution in [0.4, 0.5) is 4.39 Å². The largest absolute Gasteiger partial charge is 0.396 e. The molecule has 0 fully saturated rings. The molecule has 0 aromatic heterocycles. The second-order valence-electron chi connectivity index (χ2n) is 2.99. The third-order valence-electron chi connectivity index (χ3n) is 2.02. The zero-order valence-corrected chi connectivity index (χ0v) is 7.39. The molecule has 0 atom stereocenters. The highest BCUT2D eigenvalue weighted by atomic mass is 19.1. The van der Waals surface area contributed by atoms with Gasteiger partial charge in [-0.3, -0.25) is 0 Å². The zero-order chi connectivity index (χ0) is 9.14. The summed E-state index contributed by atoms with van der Waals surface area (Å²) in [6.07, 6.45) is 0.609. The Morgan fingerprint density at radius 1 is 1.25 bits per heavy atom. The molecule has 0 radical (unpaired) electrons. The molecule has 1 aromatic carbocycles. The predicted molar refractivity (Wildman–Crippen MR) is 46.7 cm³/mol. The van der Waals surface area contributed by atoms with E-state index in [1.165, 1.54) is 12.1 Å². The third-order valence-corrected chi connectivity index (χ3v) is 2.02. The van der Waals surface area contributed by atoms with Crippen molar-refractivity contribution in [3.8, 4) is 0 Å². The van der Waals surface area contributed by atoms with Gasteiger partial charge in [0.1, 0.15) is 5.82 Å². The lowest BCUT2D eigenvalue weighted by molar-refractivity contribution is 0.299. The Morgan fingerprint density at radius 2 is 1.75 bits per heavy atom. The molecule has 0 aliphatic heterocycles. The molecule has 1 N–H and O–H groups in total. The average molecular weight is 168 g/mol. The van der Waals surface area contributed by atoms with E-state index in [9.17, 15) is 4.39 Å². The molecule has 2 heteroatoms. The van der Waals surface area contributed by atoms with Gasteiger partial charge >= 0.3 is 0 Å². The van der Waals surface area contributed by atoms with Crippen LogP contribution in [-0.4, -0.2) is 11.7 Å². The lowest BCUT2D eigenvalue weighted by atomic mass is 10.0. The van der Waals surface area contributed by atoms with E-state index in [0.717, 1.165) is 16.7 Å². The molecule has 1 aromatic rings. The Balaban J connectivity index is 3.10. The fourth-order valence-corrected chi connectivity index (χ4v) is 1.45. The number of rotatable bonds is 2. The van der Waals surface area contributed by atoms with Gasteiger partial charge in [-0.15, -0.1) is 0 Å². The number of aliphatic hydroxyl groups excluding tert-OH is 1. The molecule has 0 unspecified atom stereocenters. The van der Waals surface area contributed by atoms with E-state index in [2.05, 4.69) is 0 Å². The first-order chi connectivity index (χ1) is 5.65. The molecule has 1 nitrogen and oxygen atoms in total. The molecule has 0 spiro atoms. The van der Waals surface area contributed by atoms with Crippen LogP contribution in [0.15, 0.2) is 12.1 Å². The Morgan fingerprint density at radius 3 is 2.17 bits per heavy atom. The van der Waals surface area contributed by atoms with Gasteiger partial charge in [-0.1, -0.05) is 0 Å². The number of aliphatic hydroxyl groups is 1. The van der Waals surface area contributed by atoms with Crippen molar-refractivity contribution in [2.24, 2.45) is 0 Å². The molecular weight excluding hydrogens is 155 g/mol. The Hall–Kier alpha value is -0.890. The number of aryl methyl sites for hydroxylation is 2. The molecule has 0 aliphatic rings. The molecule has 0 bridgehead atoms. The third kappa shape index (κ3) is 1.83. The van der Waals surface area contributed by atoms with Crippen molar-refractivity contribution >= 4 is 0 Å². The summed E-state index contributed by atoms with van der Waals surface area (Å²) in [4.78, 5) is 0. The van der Waals surface area contributed by atoms with E-state index in [1.54, 1.807) is 0 Å². The van der Waals surface area contributed by atoms with E-state index >= 15 is 0 Å². The van der Waals surface area contributed by atoms with Crippen LogP contribution in [0.2, 0.25) is 0 Å². The second-order valence-corrected chi connectivity index (χ2v) is 2.99. The predicted octanol–water partition coefficient (Wildman–Crippen LogP) is 1.98. The summed E-state index contributed by atoms with van der Waals surface area (Å²) in [5, 5.41) is 8.74. The van der Waals surface area contributed by atoms with Gasteiger partial charge in [-0.05, 0) is 49.1 Å². The van der Waals surface area contributed by atoms with Crippen molar-refractivity contribution in [3.63, 3.8) is 0 Å². The maximum absolute atomic E-state index is 12.8. The van der Waals surface area contributed by atoms with E-state index < -0.39 is 0 Å². The summed E-state index contributed by atoms with van der Waals surface area (Å²) in [5.41, 5.74) is 2.89. The van der Waals surface area contributed by atoms with E-state index in [-0.39, 0.29) is 12.4 Å². The maximum Gasteiger partial charge on any atom is 0.123 e. The van der Waals surface area contributed by atoms with Crippen LogP contribution < -0.4 is 0 Å². The molecule has 0 amide bonds. The van der Waals surface area contributed by atoms with Gasteiger partial charge in [-0.25, -0.2) is 4.39 Å². The summed E-state index contributed by atoms with van der Waals surface area (Å²) >= 11 is 0. The smallest absolute Gasteiger partial charge is 0.123 e. The van der Waals surface area contributed by atoms with Crippen molar-refractivity contribution in [2.45, 2.75) is 20.3 Å². The van der Waals surface area contributed by atoms with Crippen molar-refractivity contribution in [3.05, 3.63) is 34.6 Å². The lowest BCUT2D eigenvalue weighted by Crippen LogP contribution is -1.98. The van der Waals surface area contributed by atoms with Crippen LogP contribution in [0.25, 0.3) is 0 Å². The Labute approximate surface area is 71.9 Å². The molecule has 1 rings (SSSR count). The topological polar surface area (TPSA) is 20.2 Å².